The zero-order chi connectivity index (χ0) is 21.8. The summed E-state index contributed by atoms with van der Waals surface area (Å²) in [5.41, 5.74) is 1.13. The van der Waals surface area contributed by atoms with E-state index in [1.165, 1.54) is 6.92 Å². The van der Waals surface area contributed by atoms with Gasteiger partial charge >= 0.3 is 0 Å². The lowest BCUT2D eigenvalue weighted by atomic mass is 9.81. The van der Waals surface area contributed by atoms with Crippen LogP contribution < -0.4 is 4.74 Å². The van der Waals surface area contributed by atoms with Crippen molar-refractivity contribution in [3.05, 3.63) is 71.6 Å². The number of β-lactam (4-membered cyclic amide) rings is 1. The average Bonchev–Trinajstić information content (AvgIpc) is 2.84. The summed E-state index contributed by atoms with van der Waals surface area (Å²) in [6.07, 6.45) is 0.346. The molecule has 2 aliphatic heterocycles. The summed E-state index contributed by atoms with van der Waals surface area (Å²) < 4.78 is 5.92. The third kappa shape index (κ3) is 4.86. The largest absolute Gasteiger partial charge is 0.478 e. The second-order valence-electron chi connectivity index (χ2n) is 8.10. The number of ketones is 1. The number of para-hydroxylation sites is 1. The first-order chi connectivity index (χ1) is 15.0. The Bertz CT molecular complexity index is 947. The molecule has 0 aromatic heterocycles. The summed E-state index contributed by atoms with van der Waals surface area (Å²) in [7, 11) is 0. The molecule has 0 aliphatic carbocycles. The molecule has 0 bridgehead atoms. The topological polar surface area (TPSA) is 66.8 Å². The lowest BCUT2D eigenvalue weighted by Crippen LogP contribution is -2.72. The van der Waals surface area contributed by atoms with E-state index < -0.39 is 24.2 Å². The monoisotopic (exact) mass is 437 g/mol. The number of amides is 1. The Balaban J connectivity index is 1.54. The van der Waals surface area contributed by atoms with Crippen molar-refractivity contribution in [3.63, 3.8) is 0 Å². The highest BCUT2D eigenvalue weighted by Gasteiger charge is 2.55. The van der Waals surface area contributed by atoms with E-state index in [0.717, 1.165) is 23.3 Å². The predicted octanol–water partition coefficient (Wildman–Crippen LogP) is 4.07. The number of benzene rings is 2. The van der Waals surface area contributed by atoms with Gasteiger partial charge in [0.2, 0.25) is 0 Å². The highest BCUT2D eigenvalue weighted by atomic mass is 32.2. The molecule has 1 amide bonds. The van der Waals surface area contributed by atoms with Gasteiger partial charge in [-0.2, -0.15) is 0 Å². The van der Waals surface area contributed by atoms with E-state index in [2.05, 4.69) is 5.41 Å². The van der Waals surface area contributed by atoms with E-state index in [1.807, 2.05) is 48.5 Å². The molecule has 4 atom stereocenters. The molecule has 5 nitrogen and oxygen atoms in total. The van der Waals surface area contributed by atoms with Gasteiger partial charge in [-0.3, -0.25) is 9.59 Å². The Morgan fingerprint density at radius 3 is 2.48 bits per heavy atom. The Labute approximate surface area is 187 Å². The maximum atomic E-state index is 12.8. The normalized spacial score (nSPS) is 27.5. The van der Waals surface area contributed by atoms with Crippen molar-refractivity contribution < 1.29 is 19.4 Å². The first-order valence-electron chi connectivity index (χ1n) is 10.6. The molecule has 2 aromatic carbocycles. The molecular formula is C25H27NO4S. The van der Waals surface area contributed by atoms with Crippen LogP contribution in [0.1, 0.15) is 26.2 Å². The van der Waals surface area contributed by atoms with E-state index in [0.29, 0.717) is 18.7 Å². The number of hydrogen-bond donors (Lipinski definition) is 1. The third-order valence-corrected chi connectivity index (χ3v) is 6.97. The second-order valence-corrected chi connectivity index (χ2v) is 9.04. The van der Waals surface area contributed by atoms with Gasteiger partial charge in [0, 0.05) is 17.4 Å². The summed E-state index contributed by atoms with van der Waals surface area (Å²) in [6.45, 7) is 2.07. The lowest BCUT2D eigenvalue weighted by molar-refractivity contribution is -0.176. The summed E-state index contributed by atoms with van der Waals surface area (Å²) in [5, 5.41) is 13.3. The number of Topliss-reactive ketones (excluding diaryl/α,β-unsaturated/α-hetero) is 1. The first kappa shape index (κ1) is 21.7. The van der Waals surface area contributed by atoms with Crippen molar-refractivity contribution in [2.24, 2.45) is 5.92 Å². The summed E-state index contributed by atoms with van der Waals surface area (Å²) in [5.74, 6) is -0.168. The van der Waals surface area contributed by atoms with Crippen LogP contribution in [0.4, 0.5) is 0 Å². The van der Waals surface area contributed by atoms with E-state index in [4.69, 9.17) is 4.74 Å². The molecule has 0 radical (unpaired) electrons. The van der Waals surface area contributed by atoms with Crippen LogP contribution in [0, 0.1) is 5.92 Å². The fraction of sp³-hybridized carbons (Fsp3) is 0.360. The first-order valence-corrected chi connectivity index (χ1v) is 11.5. The number of carbonyl (C=O) groups is 2. The van der Waals surface area contributed by atoms with Crippen LogP contribution in [0.2, 0.25) is 0 Å². The van der Waals surface area contributed by atoms with Crippen LogP contribution in [0.15, 0.2) is 76.5 Å². The molecule has 2 fully saturated rings. The molecule has 6 heteroatoms. The smallest absolute Gasteiger partial charge is 0.266 e. The molecule has 162 valence electrons. The molecule has 31 heavy (non-hydrogen) atoms. The molecular weight excluding hydrogens is 410 g/mol. The lowest BCUT2D eigenvalue weighted by Gasteiger charge is -2.49. The molecule has 0 saturated carbocycles. The summed E-state index contributed by atoms with van der Waals surface area (Å²) in [6, 6.07) is 18.7. The van der Waals surface area contributed by atoms with Crippen molar-refractivity contribution in [1.82, 2.24) is 4.90 Å². The number of aliphatic hydroxyl groups excluding tert-OH is 1. The Kier molecular flexibility index (Phi) is 6.78. The van der Waals surface area contributed by atoms with Crippen LogP contribution >= 0.6 is 11.8 Å². The van der Waals surface area contributed by atoms with Gasteiger partial charge in [-0.05, 0) is 55.9 Å². The SMILES string of the molecule is CC(=O)[C@@H]1C/C(=C/Sc2ccccc2)CCCN2C(=O)[C@H](Oc3ccccc3)[C@@H]2[C@@H]1O. The van der Waals surface area contributed by atoms with Gasteiger partial charge in [-0.1, -0.05) is 53.7 Å². The van der Waals surface area contributed by atoms with Crippen LogP contribution in [0.3, 0.4) is 0 Å². The molecule has 2 saturated heterocycles. The maximum Gasteiger partial charge on any atom is 0.266 e. The fourth-order valence-corrected chi connectivity index (χ4v) is 5.12. The van der Waals surface area contributed by atoms with Gasteiger partial charge in [-0.25, -0.2) is 0 Å². The minimum absolute atomic E-state index is 0.0669. The zero-order valence-electron chi connectivity index (χ0n) is 17.5. The minimum atomic E-state index is -0.966. The molecule has 2 aromatic rings. The van der Waals surface area contributed by atoms with Crippen molar-refractivity contribution in [2.45, 2.75) is 49.3 Å². The van der Waals surface area contributed by atoms with E-state index in [-0.39, 0.29) is 11.7 Å². The number of ether oxygens (including phenoxy) is 1. The number of thioether (sulfide) groups is 1. The number of allylic oxidation sites excluding steroid dienone is 1. The van der Waals surface area contributed by atoms with Gasteiger partial charge in [0.15, 0.2) is 6.10 Å². The van der Waals surface area contributed by atoms with E-state index >= 15 is 0 Å². The second kappa shape index (κ2) is 9.71. The molecule has 4 rings (SSSR count). The highest BCUT2D eigenvalue weighted by molar-refractivity contribution is 8.02. The minimum Gasteiger partial charge on any atom is -0.478 e. The van der Waals surface area contributed by atoms with E-state index in [9.17, 15) is 14.7 Å². The van der Waals surface area contributed by atoms with Gasteiger partial charge in [-0.15, -0.1) is 0 Å². The predicted molar refractivity (Wildman–Crippen MR) is 121 cm³/mol. The van der Waals surface area contributed by atoms with Crippen molar-refractivity contribution in [3.8, 4) is 5.75 Å². The Hall–Kier alpha value is -2.57. The van der Waals surface area contributed by atoms with Gasteiger partial charge in [0.25, 0.3) is 5.91 Å². The standard InChI is InChI=1S/C25H27NO4S/c1-17(27)21-15-18(16-31-20-12-6-3-7-13-20)9-8-14-26-22(23(21)28)24(25(26)29)30-19-10-4-2-5-11-19/h2-7,10-13,16,21-24,28H,8-9,14-15H2,1H3/b18-16+/t21-,22-,23+,24+/m0/s1. The molecule has 1 N–H and O–H groups in total. The summed E-state index contributed by atoms with van der Waals surface area (Å²) in [4.78, 5) is 28.1. The Morgan fingerprint density at radius 1 is 1.13 bits per heavy atom. The quantitative estimate of drug-likeness (QED) is 0.564. The van der Waals surface area contributed by atoms with Crippen LogP contribution in [0.5, 0.6) is 5.75 Å². The number of fused-ring (bicyclic) bond motifs is 1. The van der Waals surface area contributed by atoms with Crippen LogP contribution in [0.25, 0.3) is 0 Å². The van der Waals surface area contributed by atoms with Gasteiger partial charge in [0.05, 0.1) is 6.10 Å². The molecule has 2 heterocycles. The van der Waals surface area contributed by atoms with Crippen molar-refractivity contribution in [1.29, 1.82) is 0 Å². The van der Waals surface area contributed by atoms with Crippen LogP contribution in [-0.2, 0) is 9.59 Å². The zero-order valence-corrected chi connectivity index (χ0v) is 18.3. The number of rotatable bonds is 5. The molecule has 0 spiro atoms. The van der Waals surface area contributed by atoms with Crippen molar-refractivity contribution in [2.75, 3.05) is 6.54 Å². The van der Waals surface area contributed by atoms with Crippen LogP contribution in [-0.4, -0.2) is 46.5 Å². The van der Waals surface area contributed by atoms with Gasteiger partial charge in [0.1, 0.15) is 17.6 Å². The maximum absolute atomic E-state index is 12.8. The van der Waals surface area contributed by atoms with E-state index in [1.54, 1.807) is 28.8 Å². The molecule has 0 unspecified atom stereocenters. The van der Waals surface area contributed by atoms with Crippen molar-refractivity contribution >= 4 is 23.5 Å². The number of carbonyl (C=O) groups excluding carboxylic acids is 2. The highest BCUT2D eigenvalue weighted by Crippen LogP contribution is 2.36. The Morgan fingerprint density at radius 2 is 1.81 bits per heavy atom. The summed E-state index contributed by atoms with van der Waals surface area (Å²) >= 11 is 1.62. The number of aliphatic hydroxyl groups is 1. The number of nitrogens with zero attached hydrogens (tertiary/aromatic N) is 1. The van der Waals surface area contributed by atoms with Gasteiger partial charge < -0.3 is 14.7 Å². The number of hydrogen-bond acceptors (Lipinski definition) is 5. The average molecular weight is 438 g/mol. The fourth-order valence-electron chi connectivity index (χ4n) is 4.29. The molecule has 2 aliphatic rings. The third-order valence-electron chi connectivity index (χ3n) is 5.97.